The molecule has 1 amide bonds. The third-order valence-corrected chi connectivity index (χ3v) is 4.51. The molecule has 1 atom stereocenters. The van der Waals surface area contributed by atoms with Crippen LogP contribution in [0.15, 0.2) is 48.5 Å². The summed E-state index contributed by atoms with van der Waals surface area (Å²) in [5.74, 6) is -0.813. The molecule has 0 aliphatic carbocycles. The Morgan fingerprint density at radius 3 is 2.68 bits per heavy atom. The highest BCUT2D eigenvalue weighted by Gasteiger charge is 2.28. The van der Waals surface area contributed by atoms with Crippen molar-refractivity contribution in [2.24, 2.45) is 0 Å². The number of aliphatic hydroxyl groups is 1. The first-order chi connectivity index (χ1) is 11.9. The van der Waals surface area contributed by atoms with E-state index in [-0.39, 0.29) is 18.0 Å². The van der Waals surface area contributed by atoms with Gasteiger partial charge < -0.3 is 15.2 Å². The quantitative estimate of drug-likeness (QED) is 0.821. The molecule has 2 N–H and O–H groups in total. The van der Waals surface area contributed by atoms with Crippen molar-refractivity contribution >= 4 is 17.6 Å². The second-order valence-electron chi connectivity index (χ2n) is 6.91. The summed E-state index contributed by atoms with van der Waals surface area (Å²) in [6.45, 7) is 4.20. The van der Waals surface area contributed by atoms with E-state index in [1.165, 1.54) is 0 Å². The van der Waals surface area contributed by atoms with Crippen molar-refractivity contribution in [1.29, 1.82) is 0 Å². The number of anilines is 1. The lowest BCUT2D eigenvalue weighted by Gasteiger charge is -2.27. The van der Waals surface area contributed by atoms with Crippen LogP contribution in [-0.4, -0.2) is 23.1 Å². The van der Waals surface area contributed by atoms with Gasteiger partial charge in [-0.25, -0.2) is 4.79 Å². The first-order valence-electron chi connectivity index (χ1n) is 8.21. The fourth-order valence-electron chi connectivity index (χ4n) is 3.02. The zero-order chi connectivity index (χ0) is 18.0. The summed E-state index contributed by atoms with van der Waals surface area (Å²) in [4.78, 5) is 23.8. The fraction of sp³-hybridized carbons (Fsp3) is 0.300. The molecular weight excluding hydrogens is 318 g/mol. The van der Waals surface area contributed by atoms with Gasteiger partial charge in [-0.05, 0) is 35.6 Å². The number of aliphatic hydroxyl groups excluding tert-OH is 1. The molecule has 2 aromatic carbocycles. The predicted octanol–water partition coefficient (Wildman–Crippen LogP) is 3.02. The summed E-state index contributed by atoms with van der Waals surface area (Å²) in [7, 11) is 0. The second kappa shape index (κ2) is 6.69. The number of benzene rings is 2. The Morgan fingerprint density at radius 1 is 1.24 bits per heavy atom. The minimum atomic E-state index is -1.14. The summed E-state index contributed by atoms with van der Waals surface area (Å²) >= 11 is 0. The summed E-state index contributed by atoms with van der Waals surface area (Å²) in [6.07, 6.45) is -0.837. The molecule has 2 aromatic rings. The van der Waals surface area contributed by atoms with Gasteiger partial charge >= 0.3 is 5.97 Å². The van der Waals surface area contributed by atoms with Crippen molar-refractivity contribution in [3.63, 3.8) is 0 Å². The van der Waals surface area contributed by atoms with Gasteiger partial charge in [-0.3, -0.25) is 4.79 Å². The van der Waals surface area contributed by atoms with Crippen LogP contribution in [0.25, 0.3) is 0 Å². The topological polar surface area (TPSA) is 75.6 Å². The van der Waals surface area contributed by atoms with Crippen LogP contribution in [-0.2, 0) is 21.6 Å². The molecule has 1 unspecified atom stereocenters. The Kier molecular flexibility index (Phi) is 4.59. The number of hydrogen-bond donors (Lipinski definition) is 2. The van der Waals surface area contributed by atoms with Crippen molar-refractivity contribution in [1.82, 2.24) is 0 Å². The highest BCUT2D eigenvalue weighted by molar-refractivity contribution is 5.97. The van der Waals surface area contributed by atoms with Gasteiger partial charge in [0.2, 0.25) is 0 Å². The van der Waals surface area contributed by atoms with Gasteiger partial charge in [0.1, 0.15) is 12.7 Å². The molecule has 0 aromatic heterocycles. The van der Waals surface area contributed by atoms with Gasteiger partial charge in [0.25, 0.3) is 5.91 Å². The molecule has 0 fully saturated rings. The molecule has 5 heteroatoms. The maximum Gasteiger partial charge on any atom is 0.338 e. The summed E-state index contributed by atoms with van der Waals surface area (Å²) < 4.78 is 4.94. The lowest BCUT2D eigenvalue weighted by atomic mass is 9.79. The van der Waals surface area contributed by atoms with E-state index in [0.29, 0.717) is 17.7 Å². The van der Waals surface area contributed by atoms with Crippen molar-refractivity contribution in [3.8, 4) is 0 Å². The Labute approximate surface area is 146 Å². The second-order valence-corrected chi connectivity index (χ2v) is 6.91. The predicted molar refractivity (Wildman–Crippen MR) is 94.3 cm³/mol. The molecule has 0 saturated carbocycles. The maximum atomic E-state index is 12.3. The number of nitrogens with one attached hydrogen (secondary N) is 1. The molecule has 1 aliphatic rings. The van der Waals surface area contributed by atoms with Crippen LogP contribution in [0, 0.1) is 0 Å². The molecule has 1 aliphatic heterocycles. The number of carbonyl (C=O) groups is 2. The van der Waals surface area contributed by atoms with E-state index >= 15 is 0 Å². The molecule has 0 bridgehead atoms. The van der Waals surface area contributed by atoms with Crippen LogP contribution in [0.3, 0.4) is 0 Å². The van der Waals surface area contributed by atoms with Crippen LogP contribution in [0.5, 0.6) is 0 Å². The highest BCUT2D eigenvalue weighted by atomic mass is 16.5. The van der Waals surface area contributed by atoms with E-state index in [9.17, 15) is 14.7 Å². The largest absolute Gasteiger partial charge is 0.457 e. The van der Waals surface area contributed by atoms with E-state index in [1.54, 1.807) is 18.2 Å². The summed E-state index contributed by atoms with van der Waals surface area (Å²) in [5, 5.41) is 13.0. The standard InChI is InChI=1S/C20H21NO4/c1-20(2,14-6-4-3-5-7-14)11-17(22)18(23)21-15-8-9-16-13(10-15)12-25-19(16)24/h3-10,17,22H,11-12H2,1-2H3,(H,21,23). The molecule has 0 spiro atoms. The van der Waals surface area contributed by atoms with Crippen LogP contribution < -0.4 is 5.32 Å². The highest BCUT2D eigenvalue weighted by Crippen LogP contribution is 2.29. The fourth-order valence-corrected chi connectivity index (χ4v) is 3.02. The first kappa shape index (κ1) is 17.2. The number of fused-ring (bicyclic) bond motifs is 1. The molecule has 130 valence electrons. The maximum absolute atomic E-state index is 12.3. The molecule has 5 nitrogen and oxygen atoms in total. The third kappa shape index (κ3) is 3.72. The third-order valence-electron chi connectivity index (χ3n) is 4.51. The number of rotatable bonds is 5. The normalized spacial score (nSPS) is 14.6. The van der Waals surface area contributed by atoms with Crippen LogP contribution in [0.1, 0.15) is 41.8 Å². The summed E-state index contributed by atoms with van der Waals surface area (Å²) in [6, 6.07) is 14.8. The lowest BCUT2D eigenvalue weighted by Crippen LogP contribution is -2.34. The minimum Gasteiger partial charge on any atom is -0.457 e. The minimum absolute atomic E-state index is 0.210. The average Bonchev–Trinajstić information content (AvgIpc) is 2.96. The summed E-state index contributed by atoms with van der Waals surface area (Å²) in [5.41, 5.74) is 2.52. The number of esters is 1. The Morgan fingerprint density at radius 2 is 1.96 bits per heavy atom. The van der Waals surface area contributed by atoms with Gasteiger partial charge in [0, 0.05) is 11.3 Å². The first-order valence-corrected chi connectivity index (χ1v) is 8.21. The Balaban J connectivity index is 1.66. The monoisotopic (exact) mass is 339 g/mol. The van der Waals surface area contributed by atoms with Gasteiger partial charge in [0.05, 0.1) is 5.56 Å². The zero-order valence-corrected chi connectivity index (χ0v) is 14.3. The van der Waals surface area contributed by atoms with Gasteiger partial charge in [-0.2, -0.15) is 0 Å². The Hall–Kier alpha value is -2.66. The number of ether oxygens (including phenoxy) is 1. The molecule has 25 heavy (non-hydrogen) atoms. The number of hydrogen-bond acceptors (Lipinski definition) is 4. The van der Waals surface area contributed by atoms with Crippen molar-refractivity contribution in [2.75, 3.05) is 5.32 Å². The van der Waals surface area contributed by atoms with Crippen LogP contribution in [0.4, 0.5) is 5.69 Å². The van der Waals surface area contributed by atoms with E-state index in [2.05, 4.69) is 5.32 Å². The molecule has 0 radical (unpaired) electrons. The molecule has 0 saturated heterocycles. The average molecular weight is 339 g/mol. The zero-order valence-electron chi connectivity index (χ0n) is 14.3. The molecule has 1 heterocycles. The van der Waals surface area contributed by atoms with E-state index in [4.69, 9.17) is 4.74 Å². The van der Waals surface area contributed by atoms with Gasteiger partial charge in [-0.1, -0.05) is 44.2 Å². The van der Waals surface area contributed by atoms with Gasteiger partial charge in [0.15, 0.2) is 0 Å². The molecular formula is C20H21NO4. The number of carbonyl (C=O) groups excluding carboxylic acids is 2. The van der Waals surface area contributed by atoms with Crippen LogP contribution in [0.2, 0.25) is 0 Å². The van der Waals surface area contributed by atoms with E-state index in [1.807, 2.05) is 44.2 Å². The SMILES string of the molecule is CC(C)(CC(O)C(=O)Nc1ccc2c(c1)COC2=O)c1ccccc1. The van der Waals surface area contributed by atoms with Crippen molar-refractivity contribution in [2.45, 2.75) is 38.4 Å². The van der Waals surface area contributed by atoms with E-state index < -0.39 is 12.0 Å². The Bertz CT molecular complexity index is 799. The number of cyclic esters (lactones) is 1. The van der Waals surface area contributed by atoms with Crippen LogP contribution >= 0.6 is 0 Å². The number of amides is 1. The lowest BCUT2D eigenvalue weighted by molar-refractivity contribution is -0.124. The van der Waals surface area contributed by atoms with E-state index in [0.717, 1.165) is 11.1 Å². The van der Waals surface area contributed by atoms with Crippen molar-refractivity contribution in [3.05, 3.63) is 65.2 Å². The van der Waals surface area contributed by atoms with Crippen molar-refractivity contribution < 1.29 is 19.4 Å². The smallest absolute Gasteiger partial charge is 0.338 e. The molecule has 3 rings (SSSR count). The van der Waals surface area contributed by atoms with Gasteiger partial charge in [-0.15, -0.1) is 0 Å².